The molecule has 0 aromatic heterocycles. The smallest absolute Gasteiger partial charge is 0.0818 e. The normalized spacial score (nSPS) is 13.4. The van der Waals surface area contributed by atoms with E-state index in [0.29, 0.717) is 11.8 Å². The van der Waals surface area contributed by atoms with Crippen LogP contribution in [-0.2, 0) is 6.42 Å². The summed E-state index contributed by atoms with van der Waals surface area (Å²) in [6.07, 6.45) is 2.85. The minimum absolute atomic E-state index is 0.308. The van der Waals surface area contributed by atoms with Gasteiger partial charge in [-0.3, -0.25) is 0 Å². The number of benzene rings is 1. The maximum Gasteiger partial charge on any atom is 0.0818 e. The largest absolute Gasteiger partial charge is 0.388 e. The van der Waals surface area contributed by atoms with E-state index >= 15 is 0 Å². The lowest BCUT2D eigenvalue weighted by Crippen LogP contribution is -2.11. The second kappa shape index (κ2) is 6.80. The van der Waals surface area contributed by atoms with Gasteiger partial charge in [0.25, 0.3) is 0 Å². The molecule has 0 spiro atoms. The number of hydrogen-bond donors (Lipinski definition) is 1. The van der Waals surface area contributed by atoms with Gasteiger partial charge in [-0.1, -0.05) is 64.8 Å². The molecule has 1 nitrogen and oxygen atoms in total. The second-order valence-corrected chi connectivity index (χ2v) is 5.36. The summed E-state index contributed by atoms with van der Waals surface area (Å²) in [5.41, 5.74) is 2.42. The molecule has 96 valence electrons. The molecule has 1 rings (SSSR count). The van der Waals surface area contributed by atoms with Crippen molar-refractivity contribution in [3.63, 3.8) is 0 Å². The Labute approximate surface area is 106 Å². The van der Waals surface area contributed by atoms with Gasteiger partial charge in [0.2, 0.25) is 0 Å². The van der Waals surface area contributed by atoms with E-state index in [1.807, 2.05) is 6.07 Å². The van der Waals surface area contributed by atoms with E-state index in [4.69, 9.17) is 0 Å². The molecule has 1 atom stereocenters. The highest BCUT2D eigenvalue weighted by molar-refractivity contribution is 5.26. The van der Waals surface area contributed by atoms with Crippen molar-refractivity contribution >= 4 is 0 Å². The molecule has 1 heteroatoms. The molecule has 0 aliphatic carbocycles. The molecule has 0 aliphatic rings. The Morgan fingerprint density at radius 3 is 2.29 bits per heavy atom. The van der Waals surface area contributed by atoms with Crippen LogP contribution in [0.4, 0.5) is 0 Å². The zero-order valence-electron chi connectivity index (χ0n) is 11.6. The maximum absolute atomic E-state index is 10.3. The van der Waals surface area contributed by atoms with Gasteiger partial charge in [0.15, 0.2) is 0 Å². The van der Waals surface area contributed by atoms with Crippen molar-refractivity contribution < 1.29 is 5.11 Å². The SMILES string of the molecule is CCC(CC)C(O)c1cccc(CC(C)C)c1. The summed E-state index contributed by atoms with van der Waals surface area (Å²) < 4.78 is 0. The molecular weight excluding hydrogens is 208 g/mol. The van der Waals surface area contributed by atoms with Gasteiger partial charge in [0.1, 0.15) is 0 Å². The molecule has 0 saturated carbocycles. The third-order valence-corrected chi connectivity index (χ3v) is 3.43. The van der Waals surface area contributed by atoms with E-state index in [9.17, 15) is 5.11 Å². The van der Waals surface area contributed by atoms with Crippen molar-refractivity contribution in [3.05, 3.63) is 35.4 Å². The number of rotatable bonds is 6. The number of aliphatic hydroxyl groups is 1. The van der Waals surface area contributed by atoms with Crippen molar-refractivity contribution in [2.24, 2.45) is 11.8 Å². The lowest BCUT2D eigenvalue weighted by Gasteiger charge is -2.21. The van der Waals surface area contributed by atoms with Crippen molar-refractivity contribution in [1.29, 1.82) is 0 Å². The van der Waals surface area contributed by atoms with Gasteiger partial charge in [0, 0.05) is 0 Å². The third kappa shape index (κ3) is 4.16. The van der Waals surface area contributed by atoms with Gasteiger partial charge in [-0.25, -0.2) is 0 Å². The van der Waals surface area contributed by atoms with E-state index in [0.717, 1.165) is 24.8 Å². The topological polar surface area (TPSA) is 20.2 Å². The summed E-state index contributed by atoms with van der Waals surface area (Å²) in [6, 6.07) is 8.44. The first kappa shape index (κ1) is 14.2. The predicted octanol–water partition coefficient (Wildman–Crippen LogP) is 4.35. The first-order valence-electron chi connectivity index (χ1n) is 6.85. The monoisotopic (exact) mass is 234 g/mol. The predicted molar refractivity (Wildman–Crippen MR) is 74.0 cm³/mol. The average Bonchev–Trinajstić information content (AvgIpc) is 2.30. The van der Waals surface area contributed by atoms with Crippen molar-refractivity contribution in [3.8, 4) is 0 Å². The van der Waals surface area contributed by atoms with Gasteiger partial charge >= 0.3 is 0 Å². The van der Waals surface area contributed by atoms with Crippen LogP contribution in [0.5, 0.6) is 0 Å². The van der Waals surface area contributed by atoms with Gasteiger partial charge in [-0.2, -0.15) is 0 Å². The van der Waals surface area contributed by atoms with E-state index < -0.39 is 0 Å². The van der Waals surface area contributed by atoms with Crippen LogP contribution in [0.1, 0.15) is 57.8 Å². The molecule has 0 heterocycles. The highest BCUT2D eigenvalue weighted by Crippen LogP contribution is 2.27. The van der Waals surface area contributed by atoms with Crippen molar-refractivity contribution in [2.45, 2.75) is 53.1 Å². The average molecular weight is 234 g/mol. The standard InChI is InChI=1S/C16H26O/c1-5-14(6-2)16(17)15-9-7-8-13(11-15)10-12(3)4/h7-9,11-12,14,16-17H,5-6,10H2,1-4H3. The molecule has 1 aromatic carbocycles. The number of hydrogen-bond acceptors (Lipinski definition) is 1. The Kier molecular flexibility index (Phi) is 5.70. The zero-order valence-corrected chi connectivity index (χ0v) is 11.6. The van der Waals surface area contributed by atoms with Crippen molar-refractivity contribution in [1.82, 2.24) is 0 Å². The fourth-order valence-electron chi connectivity index (χ4n) is 2.38. The second-order valence-electron chi connectivity index (χ2n) is 5.36. The molecule has 0 saturated heterocycles. The summed E-state index contributed by atoms with van der Waals surface area (Å²) in [5, 5.41) is 10.3. The van der Waals surface area contributed by atoms with Gasteiger partial charge in [-0.05, 0) is 29.4 Å². The molecule has 17 heavy (non-hydrogen) atoms. The van der Waals surface area contributed by atoms with E-state index in [1.165, 1.54) is 5.56 Å². The molecule has 1 N–H and O–H groups in total. The van der Waals surface area contributed by atoms with Crippen LogP contribution in [0.3, 0.4) is 0 Å². The molecule has 0 fully saturated rings. The lowest BCUT2D eigenvalue weighted by molar-refractivity contribution is 0.103. The van der Waals surface area contributed by atoms with Gasteiger partial charge < -0.3 is 5.11 Å². The highest BCUT2D eigenvalue weighted by Gasteiger charge is 2.17. The van der Waals surface area contributed by atoms with Crippen LogP contribution in [-0.4, -0.2) is 5.11 Å². The zero-order chi connectivity index (χ0) is 12.8. The van der Waals surface area contributed by atoms with Crippen LogP contribution in [0, 0.1) is 11.8 Å². The van der Waals surface area contributed by atoms with Crippen LogP contribution in [0.2, 0.25) is 0 Å². The molecule has 1 unspecified atom stereocenters. The Hall–Kier alpha value is -0.820. The Morgan fingerprint density at radius 1 is 1.12 bits per heavy atom. The Balaban J connectivity index is 2.83. The van der Waals surface area contributed by atoms with Crippen LogP contribution >= 0.6 is 0 Å². The van der Waals surface area contributed by atoms with Crippen molar-refractivity contribution in [2.75, 3.05) is 0 Å². The molecule has 0 bridgehead atoms. The lowest BCUT2D eigenvalue weighted by atomic mass is 9.90. The summed E-state index contributed by atoms with van der Waals surface area (Å²) in [4.78, 5) is 0. The highest BCUT2D eigenvalue weighted by atomic mass is 16.3. The quantitative estimate of drug-likeness (QED) is 0.775. The number of aliphatic hydroxyl groups excluding tert-OH is 1. The van der Waals surface area contributed by atoms with Gasteiger partial charge in [-0.15, -0.1) is 0 Å². The first-order valence-corrected chi connectivity index (χ1v) is 6.85. The van der Waals surface area contributed by atoms with Crippen LogP contribution in [0.15, 0.2) is 24.3 Å². The minimum Gasteiger partial charge on any atom is -0.388 e. The fraction of sp³-hybridized carbons (Fsp3) is 0.625. The third-order valence-electron chi connectivity index (χ3n) is 3.43. The summed E-state index contributed by atoms with van der Waals surface area (Å²) >= 11 is 0. The van der Waals surface area contributed by atoms with E-state index in [1.54, 1.807) is 0 Å². The molecular formula is C16H26O. The van der Waals surface area contributed by atoms with Crippen LogP contribution in [0.25, 0.3) is 0 Å². The minimum atomic E-state index is -0.308. The Morgan fingerprint density at radius 2 is 1.76 bits per heavy atom. The first-order chi connectivity index (χ1) is 8.08. The summed E-state index contributed by atoms with van der Waals surface area (Å²) in [6.45, 7) is 8.75. The fourth-order valence-corrected chi connectivity index (χ4v) is 2.38. The summed E-state index contributed by atoms with van der Waals surface area (Å²) in [7, 11) is 0. The molecule has 0 aliphatic heterocycles. The Bertz CT molecular complexity index is 326. The van der Waals surface area contributed by atoms with Crippen LogP contribution < -0.4 is 0 Å². The molecule has 0 amide bonds. The summed E-state index contributed by atoms with van der Waals surface area (Å²) in [5.74, 6) is 1.04. The molecule has 0 radical (unpaired) electrons. The molecule has 1 aromatic rings. The van der Waals surface area contributed by atoms with Gasteiger partial charge in [0.05, 0.1) is 6.10 Å². The maximum atomic E-state index is 10.3. The van der Waals surface area contributed by atoms with E-state index in [2.05, 4.69) is 45.9 Å². The van der Waals surface area contributed by atoms with E-state index in [-0.39, 0.29) is 6.10 Å².